The molecule has 13 heteroatoms. The summed E-state index contributed by atoms with van der Waals surface area (Å²) in [6, 6.07) is 14.5. The lowest BCUT2D eigenvalue weighted by Gasteiger charge is -2.38. The van der Waals surface area contributed by atoms with Gasteiger partial charge in [0.2, 0.25) is 12.2 Å². The molecule has 236 valence electrons. The van der Waals surface area contributed by atoms with Crippen LogP contribution in [0.3, 0.4) is 0 Å². The maximum Gasteiger partial charge on any atom is 0.410 e. The monoisotopic (exact) mass is 644 g/mol. The summed E-state index contributed by atoms with van der Waals surface area (Å²) in [4.78, 5) is 50.2. The van der Waals surface area contributed by atoms with Crippen LogP contribution in [-0.4, -0.2) is 51.8 Å². The van der Waals surface area contributed by atoms with Crippen LogP contribution in [0.4, 0.5) is 4.79 Å². The smallest absolute Gasteiger partial charge is 0.410 e. The Kier molecular flexibility index (Phi) is 12.3. The van der Waals surface area contributed by atoms with Crippen molar-refractivity contribution in [2.75, 3.05) is 0 Å². The van der Waals surface area contributed by atoms with Crippen molar-refractivity contribution in [3.8, 4) is 11.1 Å². The quantitative estimate of drug-likeness (QED) is 0.111. The molecule has 0 fully saturated rings. The first-order valence-electron chi connectivity index (χ1n) is 13.9. The summed E-state index contributed by atoms with van der Waals surface area (Å²) in [5.41, 5.74) is 2.84. The van der Waals surface area contributed by atoms with E-state index in [-0.39, 0.29) is 6.42 Å². The predicted molar refractivity (Wildman–Crippen MR) is 167 cm³/mol. The molecule has 2 aromatic carbocycles. The molecule has 0 radical (unpaired) electrons. The zero-order chi connectivity index (χ0) is 32.4. The fraction of sp³-hybridized carbons (Fsp3) is 0.355. The normalized spacial score (nSPS) is 15.5. The van der Waals surface area contributed by atoms with Crippen molar-refractivity contribution < 1.29 is 43.4 Å². The molecule has 44 heavy (non-hydrogen) atoms. The fourth-order valence-corrected chi connectivity index (χ4v) is 5.94. The number of aliphatic carboxylic acids is 1. The molecule has 0 saturated carbocycles. The highest BCUT2D eigenvalue weighted by Crippen LogP contribution is 2.43. The maximum atomic E-state index is 13.6. The number of alkyl carbamates (subject to hydrolysis) is 1. The number of thiophene rings is 1. The van der Waals surface area contributed by atoms with Gasteiger partial charge in [-0.2, -0.15) is 11.3 Å². The number of amides is 2. The molecular weight excluding hydrogens is 607 g/mol. The van der Waals surface area contributed by atoms with E-state index in [1.807, 2.05) is 29.0 Å². The van der Waals surface area contributed by atoms with Crippen LogP contribution >= 0.6 is 19.8 Å². The van der Waals surface area contributed by atoms with Crippen LogP contribution < -0.4 is 10.6 Å². The molecular formula is C31H37N2O9PS. The lowest BCUT2D eigenvalue weighted by Crippen LogP contribution is -2.54. The number of carboxylic acids is 1. The Balaban J connectivity index is 2.00. The predicted octanol–water partition coefficient (Wildman–Crippen LogP) is 4.62. The van der Waals surface area contributed by atoms with Crippen molar-refractivity contribution in [3.63, 3.8) is 0 Å². The summed E-state index contributed by atoms with van der Waals surface area (Å²) >= 11 is 1.55. The Labute approximate surface area is 260 Å². The highest BCUT2D eigenvalue weighted by Gasteiger charge is 2.49. The summed E-state index contributed by atoms with van der Waals surface area (Å²) in [6.45, 7) is 5.83. The largest absolute Gasteiger partial charge is 0.480 e. The Hall–Kier alpha value is -3.99. The van der Waals surface area contributed by atoms with Gasteiger partial charge in [0.25, 0.3) is 0 Å². The summed E-state index contributed by atoms with van der Waals surface area (Å²) in [5.74, 6) is -4.73. The zero-order valence-electron chi connectivity index (χ0n) is 24.8. The summed E-state index contributed by atoms with van der Waals surface area (Å²) in [6.07, 6.45) is -2.53. The molecule has 6 atom stereocenters. The van der Waals surface area contributed by atoms with Gasteiger partial charge in [-0.1, -0.05) is 68.4 Å². The number of aliphatic hydroxyl groups is 1. The first-order valence-corrected chi connectivity index (χ1v) is 15.9. The second-order valence-corrected chi connectivity index (χ2v) is 12.5. The van der Waals surface area contributed by atoms with Gasteiger partial charge < -0.3 is 34.9 Å². The van der Waals surface area contributed by atoms with E-state index in [0.717, 1.165) is 11.1 Å². The minimum Gasteiger partial charge on any atom is -0.480 e. The van der Waals surface area contributed by atoms with Crippen molar-refractivity contribution in [1.29, 1.82) is 0 Å². The van der Waals surface area contributed by atoms with Crippen LogP contribution in [0.2, 0.25) is 0 Å². The van der Waals surface area contributed by atoms with Crippen molar-refractivity contribution in [2.45, 2.75) is 57.8 Å². The summed E-state index contributed by atoms with van der Waals surface area (Å²) < 4.78 is 23.3. The van der Waals surface area contributed by atoms with E-state index in [4.69, 9.17) is 9.47 Å². The summed E-state index contributed by atoms with van der Waals surface area (Å²) in [5, 5.41) is 28.0. The number of hydrogen-bond acceptors (Lipinski definition) is 9. The van der Waals surface area contributed by atoms with E-state index in [9.17, 15) is 34.0 Å². The standard InChI is InChI=1S/C31H37N2O9PS/c1-18(2)29(37)41-20(4)42-30(38)33-26(23-8-6-5-7-9-23)31(39,43-40)25(27(34)32-19(3)28(35)36)16-21-10-12-22(13-11-21)24-14-15-44-17-24/h5-15,17-20,25-26,39H,16,43H2,1-4H3,(H,32,34)(H,33,38)(H,35,36). The van der Waals surface area contributed by atoms with E-state index in [0.29, 0.717) is 11.1 Å². The number of rotatable bonds is 14. The Morgan fingerprint density at radius 2 is 1.57 bits per heavy atom. The molecule has 6 unspecified atom stereocenters. The third kappa shape index (κ3) is 9.01. The molecule has 4 N–H and O–H groups in total. The topological polar surface area (TPSA) is 168 Å². The first kappa shape index (κ1) is 34.5. The van der Waals surface area contributed by atoms with Crippen LogP contribution in [-0.2, 0) is 34.8 Å². The van der Waals surface area contributed by atoms with Gasteiger partial charge in [-0.3, -0.25) is 14.4 Å². The van der Waals surface area contributed by atoms with Gasteiger partial charge in [-0.25, -0.2) is 4.79 Å². The number of benzene rings is 2. The molecule has 11 nitrogen and oxygen atoms in total. The molecule has 3 rings (SSSR count). The van der Waals surface area contributed by atoms with E-state index in [1.165, 1.54) is 13.8 Å². The number of carbonyl (C=O) groups excluding carboxylic acids is 3. The van der Waals surface area contributed by atoms with Crippen LogP contribution in [0.1, 0.15) is 44.9 Å². The van der Waals surface area contributed by atoms with Gasteiger partial charge in [-0.15, -0.1) is 0 Å². The number of hydrogen-bond donors (Lipinski definition) is 4. The molecule has 1 aromatic heterocycles. The van der Waals surface area contributed by atoms with Crippen LogP contribution in [0.25, 0.3) is 11.1 Å². The van der Waals surface area contributed by atoms with Crippen molar-refractivity contribution >= 4 is 43.7 Å². The van der Waals surface area contributed by atoms with Gasteiger partial charge in [0.15, 0.2) is 0 Å². The average Bonchev–Trinajstić information content (AvgIpc) is 3.54. The van der Waals surface area contributed by atoms with Crippen LogP contribution in [0.15, 0.2) is 71.4 Å². The molecule has 0 aliphatic carbocycles. The molecule has 1 heterocycles. The van der Waals surface area contributed by atoms with Crippen LogP contribution in [0.5, 0.6) is 0 Å². The van der Waals surface area contributed by atoms with Gasteiger partial charge in [0.05, 0.1) is 26.3 Å². The lowest BCUT2D eigenvalue weighted by atomic mass is 9.85. The molecule has 3 aromatic rings. The first-order chi connectivity index (χ1) is 20.8. The minimum absolute atomic E-state index is 0.143. The molecule has 0 spiro atoms. The number of nitrogens with one attached hydrogen (secondary N) is 2. The average molecular weight is 645 g/mol. The molecule has 0 aliphatic rings. The van der Waals surface area contributed by atoms with Gasteiger partial charge in [-0.05, 0) is 52.4 Å². The van der Waals surface area contributed by atoms with Crippen molar-refractivity contribution in [3.05, 3.63) is 82.6 Å². The number of carbonyl (C=O) groups is 4. The molecule has 0 saturated heterocycles. The van der Waals surface area contributed by atoms with E-state index in [2.05, 4.69) is 10.6 Å². The minimum atomic E-state index is -2.40. The highest BCUT2D eigenvalue weighted by molar-refractivity contribution is 7.25. The van der Waals surface area contributed by atoms with Gasteiger partial charge in [0.1, 0.15) is 11.4 Å². The fourth-order valence-electron chi connectivity index (χ4n) is 4.43. The number of esters is 1. The van der Waals surface area contributed by atoms with E-state index in [1.54, 1.807) is 67.6 Å². The maximum absolute atomic E-state index is 13.6. The highest BCUT2D eigenvalue weighted by atomic mass is 32.1. The second-order valence-electron chi connectivity index (χ2n) is 10.6. The third-order valence-electron chi connectivity index (χ3n) is 6.92. The van der Waals surface area contributed by atoms with E-state index >= 15 is 0 Å². The Bertz CT molecular complexity index is 1430. The lowest BCUT2D eigenvalue weighted by molar-refractivity contribution is -0.169. The molecule has 0 bridgehead atoms. The SMILES string of the molecule is CC(OC(=O)NC(c1ccccc1)C(O)([PH2]=O)C(Cc1ccc(-c2ccsc2)cc1)C(=O)NC(C)C(=O)O)OC(=O)C(C)C. The second kappa shape index (κ2) is 15.7. The molecule has 0 aliphatic heterocycles. The summed E-state index contributed by atoms with van der Waals surface area (Å²) in [7, 11) is -2.19. The van der Waals surface area contributed by atoms with Gasteiger partial charge >= 0.3 is 18.0 Å². The Morgan fingerprint density at radius 3 is 2.11 bits per heavy atom. The number of ether oxygens (including phenoxy) is 2. The van der Waals surface area contributed by atoms with Crippen molar-refractivity contribution in [2.24, 2.45) is 11.8 Å². The van der Waals surface area contributed by atoms with Crippen LogP contribution in [0, 0.1) is 11.8 Å². The van der Waals surface area contributed by atoms with Gasteiger partial charge in [0, 0.05) is 6.92 Å². The van der Waals surface area contributed by atoms with E-state index < -0.39 is 68.0 Å². The number of carboxylic acid groups (broad SMARTS) is 1. The zero-order valence-corrected chi connectivity index (χ0v) is 26.7. The Morgan fingerprint density at radius 1 is 0.909 bits per heavy atom. The van der Waals surface area contributed by atoms with Crippen molar-refractivity contribution in [1.82, 2.24) is 10.6 Å². The third-order valence-corrected chi connectivity index (χ3v) is 8.72. The molecule has 2 amide bonds.